The Labute approximate surface area is 189 Å². The van der Waals surface area contributed by atoms with Gasteiger partial charge in [0.25, 0.3) is 5.56 Å². The molecule has 2 aromatic carbocycles. The van der Waals surface area contributed by atoms with Crippen molar-refractivity contribution in [3.05, 3.63) is 81.1 Å². The highest BCUT2D eigenvalue weighted by atomic mass is 16.5. The monoisotopic (exact) mass is 448 g/mol. The van der Waals surface area contributed by atoms with Crippen LogP contribution >= 0.6 is 0 Å². The third kappa shape index (κ3) is 4.52. The third-order valence-corrected chi connectivity index (χ3v) is 5.39. The van der Waals surface area contributed by atoms with E-state index < -0.39 is 17.2 Å². The highest BCUT2D eigenvalue weighted by Crippen LogP contribution is 2.27. The number of aromatic amines is 2. The summed E-state index contributed by atoms with van der Waals surface area (Å²) in [5.41, 5.74) is 2.00. The van der Waals surface area contributed by atoms with Gasteiger partial charge in [-0.2, -0.15) is 0 Å². The summed E-state index contributed by atoms with van der Waals surface area (Å²) in [6.07, 6.45) is 2.22. The fourth-order valence-electron chi connectivity index (χ4n) is 3.69. The number of methoxy groups -OCH3 is 2. The number of hydrogen-bond donors (Lipinski definition) is 3. The number of nitrogens with zero attached hydrogens (tertiary/aromatic N) is 1. The van der Waals surface area contributed by atoms with Crippen molar-refractivity contribution in [3.63, 3.8) is 0 Å². The number of aromatic nitrogens is 3. The third-order valence-electron chi connectivity index (χ3n) is 5.39. The number of fused-ring (bicyclic) bond motifs is 1. The standard InChI is InChI=1S/C24H24N4O5/c1-32-18-9-8-15(12-19(18)33-2)10-11-25-20(29)14-28-23(30)22-21(27-24(28)31)17(13-26-22)16-6-4-3-5-7-16/h3-9,12-13,26H,10-11,14H2,1-2H3,(H,25,29)(H,27,31). The summed E-state index contributed by atoms with van der Waals surface area (Å²) >= 11 is 0. The van der Waals surface area contributed by atoms with Crippen LogP contribution in [0.1, 0.15) is 5.56 Å². The van der Waals surface area contributed by atoms with Gasteiger partial charge in [0.2, 0.25) is 5.91 Å². The molecule has 0 bridgehead atoms. The lowest BCUT2D eigenvalue weighted by Gasteiger charge is -2.10. The average molecular weight is 448 g/mol. The first kappa shape index (κ1) is 21.9. The number of ether oxygens (including phenoxy) is 2. The minimum atomic E-state index is -0.640. The van der Waals surface area contributed by atoms with Crippen molar-refractivity contribution in [2.75, 3.05) is 20.8 Å². The van der Waals surface area contributed by atoms with E-state index in [2.05, 4.69) is 15.3 Å². The summed E-state index contributed by atoms with van der Waals surface area (Å²) in [4.78, 5) is 43.5. The maximum Gasteiger partial charge on any atom is 0.329 e. The second-order valence-electron chi connectivity index (χ2n) is 7.43. The van der Waals surface area contributed by atoms with Gasteiger partial charge in [0.05, 0.1) is 19.7 Å². The molecule has 0 aliphatic rings. The van der Waals surface area contributed by atoms with Crippen LogP contribution in [0.2, 0.25) is 0 Å². The molecule has 0 unspecified atom stereocenters. The maximum absolute atomic E-state index is 12.9. The summed E-state index contributed by atoms with van der Waals surface area (Å²) in [5.74, 6) is 0.796. The number of rotatable bonds is 8. The number of carbonyl (C=O) groups is 1. The van der Waals surface area contributed by atoms with Crippen molar-refractivity contribution in [2.45, 2.75) is 13.0 Å². The molecule has 4 rings (SSSR count). The number of nitrogens with one attached hydrogen (secondary N) is 3. The minimum Gasteiger partial charge on any atom is -0.493 e. The van der Waals surface area contributed by atoms with Crippen molar-refractivity contribution < 1.29 is 14.3 Å². The largest absolute Gasteiger partial charge is 0.493 e. The van der Waals surface area contributed by atoms with E-state index in [1.165, 1.54) is 0 Å². The first-order chi connectivity index (χ1) is 16.0. The lowest BCUT2D eigenvalue weighted by atomic mass is 10.1. The molecule has 9 nitrogen and oxygen atoms in total. The molecule has 33 heavy (non-hydrogen) atoms. The quantitative estimate of drug-likeness (QED) is 0.381. The highest BCUT2D eigenvalue weighted by Gasteiger charge is 2.15. The Kier molecular flexibility index (Phi) is 6.30. The number of H-pyrrole nitrogens is 2. The molecule has 0 spiro atoms. The van der Waals surface area contributed by atoms with Gasteiger partial charge >= 0.3 is 5.69 Å². The molecule has 0 radical (unpaired) electrons. The van der Waals surface area contributed by atoms with Crippen LogP contribution in [-0.2, 0) is 17.8 Å². The molecule has 0 aliphatic heterocycles. The summed E-state index contributed by atoms with van der Waals surface area (Å²) in [6.45, 7) is -0.0421. The van der Waals surface area contributed by atoms with Gasteiger partial charge in [0, 0.05) is 18.3 Å². The molecule has 0 fully saturated rings. The lowest BCUT2D eigenvalue weighted by Crippen LogP contribution is -2.41. The molecule has 2 heterocycles. The van der Waals surface area contributed by atoms with Gasteiger partial charge in [0.15, 0.2) is 11.5 Å². The van der Waals surface area contributed by atoms with E-state index in [1.807, 2.05) is 42.5 Å². The molecular formula is C24H24N4O5. The Bertz CT molecular complexity index is 1400. The van der Waals surface area contributed by atoms with Gasteiger partial charge in [-0.3, -0.25) is 9.59 Å². The Balaban J connectivity index is 1.46. The Morgan fingerprint density at radius 3 is 2.48 bits per heavy atom. The predicted octanol–water partition coefficient (Wildman–Crippen LogP) is 2.06. The van der Waals surface area contributed by atoms with Gasteiger partial charge in [-0.05, 0) is 29.7 Å². The lowest BCUT2D eigenvalue weighted by molar-refractivity contribution is -0.121. The van der Waals surface area contributed by atoms with Crippen LogP contribution < -0.4 is 26.0 Å². The van der Waals surface area contributed by atoms with Gasteiger partial charge in [-0.25, -0.2) is 9.36 Å². The first-order valence-electron chi connectivity index (χ1n) is 10.4. The maximum atomic E-state index is 12.9. The van der Waals surface area contributed by atoms with E-state index in [4.69, 9.17) is 9.47 Å². The van der Waals surface area contributed by atoms with E-state index >= 15 is 0 Å². The summed E-state index contributed by atoms with van der Waals surface area (Å²) in [7, 11) is 3.12. The smallest absolute Gasteiger partial charge is 0.329 e. The minimum absolute atomic E-state index is 0.242. The topological polar surface area (TPSA) is 118 Å². The molecular weight excluding hydrogens is 424 g/mol. The van der Waals surface area contributed by atoms with E-state index in [0.29, 0.717) is 35.5 Å². The number of hydrogen-bond acceptors (Lipinski definition) is 5. The molecule has 2 aromatic heterocycles. The van der Waals surface area contributed by atoms with Crippen molar-refractivity contribution in [1.29, 1.82) is 0 Å². The highest BCUT2D eigenvalue weighted by molar-refractivity contribution is 5.91. The number of amides is 1. The SMILES string of the molecule is COc1ccc(CCNC(=O)Cn2c(=O)[nH]c3c(-c4ccccc4)c[nH]c3c2=O)cc1OC. The zero-order chi connectivity index (χ0) is 23.4. The van der Waals surface area contributed by atoms with E-state index in [0.717, 1.165) is 15.7 Å². The normalized spacial score (nSPS) is 10.8. The van der Waals surface area contributed by atoms with E-state index in [1.54, 1.807) is 26.5 Å². The van der Waals surface area contributed by atoms with E-state index in [-0.39, 0.29) is 12.1 Å². The second-order valence-corrected chi connectivity index (χ2v) is 7.43. The molecule has 170 valence electrons. The second kappa shape index (κ2) is 9.47. The van der Waals surface area contributed by atoms with Crippen molar-refractivity contribution in [2.24, 2.45) is 0 Å². The fraction of sp³-hybridized carbons (Fsp3) is 0.208. The molecule has 0 saturated carbocycles. The van der Waals surface area contributed by atoms with Crippen LogP contribution in [0.5, 0.6) is 11.5 Å². The molecule has 9 heteroatoms. The van der Waals surface area contributed by atoms with Crippen LogP contribution in [-0.4, -0.2) is 41.2 Å². The average Bonchev–Trinajstić information content (AvgIpc) is 3.26. The van der Waals surface area contributed by atoms with E-state index in [9.17, 15) is 14.4 Å². The first-order valence-corrected chi connectivity index (χ1v) is 10.4. The zero-order valence-electron chi connectivity index (χ0n) is 18.3. The zero-order valence-corrected chi connectivity index (χ0v) is 18.3. The Hall–Kier alpha value is -4.27. The summed E-state index contributed by atoms with van der Waals surface area (Å²) in [5, 5.41) is 2.75. The van der Waals surface area contributed by atoms with Crippen LogP contribution in [0.25, 0.3) is 22.2 Å². The van der Waals surface area contributed by atoms with Crippen LogP contribution in [0.4, 0.5) is 0 Å². The van der Waals surface area contributed by atoms with Crippen LogP contribution in [0.15, 0.2) is 64.3 Å². The Morgan fingerprint density at radius 2 is 1.76 bits per heavy atom. The number of carbonyl (C=O) groups excluding carboxylic acids is 1. The van der Waals surface area contributed by atoms with Crippen molar-refractivity contribution in [1.82, 2.24) is 19.9 Å². The van der Waals surface area contributed by atoms with Gasteiger partial charge in [-0.1, -0.05) is 36.4 Å². The van der Waals surface area contributed by atoms with Crippen LogP contribution in [0.3, 0.4) is 0 Å². The van der Waals surface area contributed by atoms with Crippen LogP contribution in [0, 0.1) is 0 Å². The summed E-state index contributed by atoms with van der Waals surface area (Å²) < 4.78 is 11.4. The predicted molar refractivity (Wildman–Crippen MR) is 125 cm³/mol. The molecule has 0 aliphatic carbocycles. The summed E-state index contributed by atoms with van der Waals surface area (Å²) in [6, 6.07) is 14.9. The van der Waals surface area contributed by atoms with Gasteiger partial charge < -0.3 is 24.8 Å². The number of benzene rings is 2. The molecule has 0 saturated heterocycles. The molecule has 1 amide bonds. The molecule has 4 aromatic rings. The van der Waals surface area contributed by atoms with Gasteiger partial charge in [-0.15, -0.1) is 0 Å². The fourth-order valence-corrected chi connectivity index (χ4v) is 3.69. The Morgan fingerprint density at radius 1 is 1.00 bits per heavy atom. The van der Waals surface area contributed by atoms with Crippen molar-refractivity contribution >= 4 is 16.9 Å². The molecule has 3 N–H and O–H groups in total. The van der Waals surface area contributed by atoms with Gasteiger partial charge in [0.1, 0.15) is 12.1 Å². The molecule has 0 atom stereocenters. The van der Waals surface area contributed by atoms with Crippen molar-refractivity contribution in [3.8, 4) is 22.6 Å².